The number of phenolic OH excluding ortho intramolecular Hbond substituents is 1. The van der Waals surface area contributed by atoms with Gasteiger partial charge in [-0.15, -0.1) is 0 Å². The molecule has 4 atom stereocenters. The van der Waals surface area contributed by atoms with E-state index in [9.17, 15) is 30.0 Å². The van der Waals surface area contributed by atoms with Crippen molar-refractivity contribution in [2.75, 3.05) is 20.8 Å². The summed E-state index contributed by atoms with van der Waals surface area (Å²) in [7, 11) is 2.72. The summed E-state index contributed by atoms with van der Waals surface area (Å²) >= 11 is 0. The van der Waals surface area contributed by atoms with Crippen LogP contribution >= 0.6 is 0 Å². The first-order chi connectivity index (χ1) is 12.8. The number of ether oxygens (including phenoxy) is 4. The van der Waals surface area contributed by atoms with Crippen LogP contribution in [-0.2, 0) is 19.1 Å². The topological polar surface area (TPSA) is 152 Å². The second-order valence-corrected chi connectivity index (χ2v) is 5.64. The first-order valence-corrected chi connectivity index (χ1v) is 7.83. The van der Waals surface area contributed by atoms with Crippen LogP contribution in [0.1, 0.15) is 5.56 Å². The van der Waals surface area contributed by atoms with E-state index in [1.54, 1.807) is 0 Å². The lowest BCUT2D eigenvalue weighted by Crippen LogP contribution is -2.56. The predicted molar refractivity (Wildman–Crippen MR) is 89.1 cm³/mol. The molecule has 1 aromatic carbocycles. The number of hydrogen-bond donors (Lipinski definition) is 4. The molecule has 10 heteroatoms. The van der Waals surface area contributed by atoms with E-state index in [0.29, 0.717) is 5.56 Å². The molecule has 0 radical (unpaired) electrons. The number of rotatable bonds is 6. The zero-order valence-corrected chi connectivity index (χ0v) is 14.6. The number of phenols is 1. The van der Waals surface area contributed by atoms with E-state index < -0.39 is 43.0 Å². The highest BCUT2D eigenvalue weighted by atomic mass is 16.6. The van der Waals surface area contributed by atoms with Gasteiger partial charge in [0.2, 0.25) is 5.75 Å². The molecule has 0 spiro atoms. The van der Waals surface area contributed by atoms with Crippen LogP contribution in [0, 0.1) is 0 Å². The van der Waals surface area contributed by atoms with Crippen molar-refractivity contribution >= 4 is 18.0 Å². The zero-order chi connectivity index (χ0) is 20.1. The van der Waals surface area contributed by atoms with Gasteiger partial charge in [0.25, 0.3) is 0 Å². The molecule has 0 amide bonds. The summed E-state index contributed by atoms with van der Waals surface area (Å²) in [6.45, 7) is -0.512. The van der Waals surface area contributed by atoms with Crippen molar-refractivity contribution in [3.63, 3.8) is 0 Å². The Labute approximate surface area is 154 Å². The first kappa shape index (κ1) is 20.5. The summed E-state index contributed by atoms with van der Waals surface area (Å²) in [4.78, 5) is 23.1. The fourth-order valence-electron chi connectivity index (χ4n) is 2.35. The maximum atomic E-state index is 11.8. The Balaban J connectivity index is 1.99. The van der Waals surface area contributed by atoms with E-state index in [1.807, 2.05) is 0 Å². The second kappa shape index (κ2) is 8.71. The number of aromatic hydroxyl groups is 1. The van der Waals surface area contributed by atoms with Crippen molar-refractivity contribution in [2.24, 2.45) is 0 Å². The molecule has 10 nitrogen and oxygen atoms in total. The molecule has 0 unspecified atom stereocenters. The second-order valence-electron chi connectivity index (χ2n) is 5.64. The Morgan fingerprint density at radius 3 is 2.30 bits per heavy atom. The number of cyclic esters (lactones) is 1. The minimum absolute atomic E-state index is 0.146. The standard InChI is InChI=1S/C17H20O10/c1-24-9-5-8(6-10(25-2)13(9)19)3-4-12(18)26-7-11-14(20)15(21)16(22)17(23)27-11/h3-6,11,14-16,19-22H,7H2,1-2H3/b4-3+/t11-,14-,15+,16-/m1/s1. The third-order valence-corrected chi connectivity index (χ3v) is 3.87. The Morgan fingerprint density at radius 2 is 1.74 bits per heavy atom. The molecule has 1 saturated heterocycles. The molecule has 1 aliphatic rings. The molecule has 148 valence electrons. The molecule has 2 rings (SSSR count). The van der Waals surface area contributed by atoms with Crippen LogP contribution < -0.4 is 9.47 Å². The van der Waals surface area contributed by atoms with E-state index in [2.05, 4.69) is 0 Å². The average molecular weight is 384 g/mol. The highest BCUT2D eigenvalue weighted by Gasteiger charge is 2.44. The van der Waals surface area contributed by atoms with Crippen LogP contribution in [0.3, 0.4) is 0 Å². The predicted octanol–water partition coefficient (Wildman–Crippen LogP) is -1.03. The fourth-order valence-corrected chi connectivity index (χ4v) is 2.35. The Hall–Kier alpha value is -2.82. The monoisotopic (exact) mass is 384 g/mol. The van der Waals surface area contributed by atoms with Gasteiger partial charge >= 0.3 is 11.9 Å². The number of esters is 2. The van der Waals surface area contributed by atoms with Crippen LogP contribution in [0.2, 0.25) is 0 Å². The number of carbonyl (C=O) groups is 2. The van der Waals surface area contributed by atoms with Gasteiger partial charge in [-0.2, -0.15) is 0 Å². The highest BCUT2D eigenvalue weighted by molar-refractivity contribution is 5.87. The first-order valence-electron chi connectivity index (χ1n) is 7.83. The van der Waals surface area contributed by atoms with Crippen LogP contribution in [0.4, 0.5) is 0 Å². The lowest BCUT2D eigenvalue weighted by molar-refractivity contribution is -0.208. The van der Waals surface area contributed by atoms with Gasteiger partial charge in [0.05, 0.1) is 14.2 Å². The Bertz CT molecular complexity index is 703. The zero-order valence-electron chi connectivity index (χ0n) is 14.6. The maximum absolute atomic E-state index is 11.8. The van der Waals surface area contributed by atoms with Gasteiger partial charge in [0, 0.05) is 6.08 Å². The van der Waals surface area contributed by atoms with E-state index in [1.165, 1.54) is 32.4 Å². The molecular formula is C17H20O10. The number of benzene rings is 1. The van der Waals surface area contributed by atoms with Crippen molar-refractivity contribution in [1.29, 1.82) is 0 Å². The van der Waals surface area contributed by atoms with Crippen molar-refractivity contribution < 1.29 is 49.0 Å². The summed E-state index contributed by atoms with van der Waals surface area (Å²) < 4.78 is 19.6. The van der Waals surface area contributed by atoms with E-state index in [-0.39, 0.29) is 17.2 Å². The van der Waals surface area contributed by atoms with Gasteiger partial charge in [-0.3, -0.25) is 0 Å². The maximum Gasteiger partial charge on any atom is 0.338 e. The molecule has 0 aliphatic carbocycles. The quantitative estimate of drug-likeness (QED) is 0.354. The molecular weight excluding hydrogens is 364 g/mol. The summed E-state index contributed by atoms with van der Waals surface area (Å²) in [5, 5.41) is 38.4. The van der Waals surface area contributed by atoms with Crippen LogP contribution in [0.25, 0.3) is 6.08 Å². The number of aliphatic hydroxyl groups excluding tert-OH is 3. The smallest absolute Gasteiger partial charge is 0.338 e. The average Bonchev–Trinajstić information content (AvgIpc) is 2.67. The van der Waals surface area contributed by atoms with Crippen LogP contribution in [0.5, 0.6) is 17.2 Å². The SMILES string of the molecule is COc1cc(/C=C/C(=O)OC[C@H]2OC(=O)[C@H](O)[C@@H](O)[C@@H]2O)cc(OC)c1O. The van der Waals surface area contributed by atoms with Gasteiger partial charge in [-0.1, -0.05) is 0 Å². The van der Waals surface area contributed by atoms with Crippen LogP contribution in [-0.4, -0.2) is 77.6 Å². The largest absolute Gasteiger partial charge is 0.502 e. The summed E-state index contributed by atoms with van der Waals surface area (Å²) in [6.07, 6.45) is -4.06. The van der Waals surface area contributed by atoms with Crippen molar-refractivity contribution in [2.45, 2.75) is 24.4 Å². The van der Waals surface area contributed by atoms with Crippen molar-refractivity contribution in [3.8, 4) is 17.2 Å². The number of carbonyl (C=O) groups excluding carboxylic acids is 2. The molecule has 0 bridgehead atoms. The van der Waals surface area contributed by atoms with Gasteiger partial charge in [-0.05, 0) is 23.8 Å². The number of methoxy groups -OCH3 is 2. The normalized spacial score (nSPS) is 25.1. The molecule has 27 heavy (non-hydrogen) atoms. The fraction of sp³-hybridized carbons (Fsp3) is 0.412. The molecule has 1 fully saturated rings. The molecule has 1 aliphatic heterocycles. The minimum Gasteiger partial charge on any atom is -0.502 e. The van der Waals surface area contributed by atoms with E-state index >= 15 is 0 Å². The van der Waals surface area contributed by atoms with E-state index in [4.69, 9.17) is 18.9 Å². The number of aliphatic hydroxyl groups is 3. The molecule has 1 aromatic rings. The molecule has 0 aromatic heterocycles. The lowest BCUT2D eigenvalue weighted by Gasteiger charge is -2.33. The van der Waals surface area contributed by atoms with Crippen molar-refractivity contribution in [3.05, 3.63) is 23.8 Å². The number of hydrogen-bond acceptors (Lipinski definition) is 10. The van der Waals surface area contributed by atoms with Crippen molar-refractivity contribution in [1.82, 2.24) is 0 Å². The Morgan fingerprint density at radius 1 is 1.15 bits per heavy atom. The lowest BCUT2D eigenvalue weighted by atomic mass is 10.0. The summed E-state index contributed by atoms with van der Waals surface area (Å²) in [5.74, 6) is -1.83. The van der Waals surface area contributed by atoms with Gasteiger partial charge in [0.1, 0.15) is 18.8 Å². The Kier molecular flexibility index (Phi) is 6.61. The molecule has 1 heterocycles. The third kappa shape index (κ3) is 4.67. The van der Waals surface area contributed by atoms with Gasteiger partial charge in [0.15, 0.2) is 23.7 Å². The van der Waals surface area contributed by atoms with Crippen LogP contribution in [0.15, 0.2) is 18.2 Å². The van der Waals surface area contributed by atoms with Gasteiger partial charge in [-0.25, -0.2) is 9.59 Å². The summed E-state index contributed by atoms with van der Waals surface area (Å²) in [6, 6.07) is 2.93. The highest BCUT2D eigenvalue weighted by Crippen LogP contribution is 2.37. The van der Waals surface area contributed by atoms with E-state index in [0.717, 1.165) is 6.08 Å². The summed E-state index contributed by atoms with van der Waals surface area (Å²) in [5.41, 5.74) is 0.473. The van der Waals surface area contributed by atoms with Gasteiger partial charge < -0.3 is 39.4 Å². The molecule has 4 N–H and O–H groups in total. The molecule has 0 saturated carbocycles. The minimum atomic E-state index is -1.86. The third-order valence-electron chi connectivity index (χ3n) is 3.87.